The highest BCUT2D eigenvalue weighted by atomic mass is 32.1. The molecule has 1 saturated heterocycles. The molecule has 0 spiro atoms. The van der Waals surface area contributed by atoms with Crippen LogP contribution in [0.2, 0.25) is 0 Å². The molecule has 1 atom stereocenters. The van der Waals surface area contributed by atoms with Crippen molar-refractivity contribution in [1.82, 2.24) is 5.32 Å². The standard InChI is InChI=1S/C15H22N2OS/c1-11(2)13-7-3-4-8-14(13)17-15(19)16-10-12-6-5-9-18-12/h3-4,7-8,11-12H,5-6,9-10H2,1-2H3,(H2,16,17,19)/t12-/m0/s1. The zero-order valence-corrected chi connectivity index (χ0v) is 12.4. The van der Waals surface area contributed by atoms with Crippen molar-refractivity contribution in [2.24, 2.45) is 0 Å². The third kappa shape index (κ3) is 4.18. The number of hydrogen-bond donors (Lipinski definition) is 2. The highest BCUT2D eigenvalue weighted by Gasteiger charge is 2.15. The van der Waals surface area contributed by atoms with Gasteiger partial charge in [0.1, 0.15) is 0 Å². The molecule has 1 aliphatic heterocycles. The van der Waals surface area contributed by atoms with E-state index in [0.717, 1.165) is 31.7 Å². The van der Waals surface area contributed by atoms with Crippen LogP contribution >= 0.6 is 12.2 Å². The predicted octanol–water partition coefficient (Wildman–Crippen LogP) is 3.28. The van der Waals surface area contributed by atoms with Crippen LogP contribution in [-0.4, -0.2) is 24.4 Å². The zero-order valence-electron chi connectivity index (χ0n) is 11.6. The first kappa shape index (κ1) is 14.3. The third-order valence-corrected chi connectivity index (χ3v) is 3.59. The number of hydrogen-bond acceptors (Lipinski definition) is 2. The Morgan fingerprint density at radius 1 is 1.42 bits per heavy atom. The molecule has 2 rings (SSSR count). The quantitative estimate of drug-likeness (QED) is 0.828. The highest BCUT2D eigenvalue weighted by molar-refractivity contribution is 7.80. The lowest BCUT2D eigenvalue weighted by Gasteiger charge is -2.17. The fraction of sp³-hybridized carbons (Fsp3) is 0.533. The monoisotopic (exact) mass is 278 g/mol. The Bertz CT molecular complexity index is 428. The minimum Gasteiger partial charge on any atom is -0.376 e. The van der Waals surface area contributed by atoms with Crippen molar-refractivity contribution in [3.63, 3.8) is 0 Å². The first-order valence-corrected chi connectivity index (χ1v) is 7.33. The van der Waals surface area contributed by atoms with Gasteiger partial charge in [-0.25, -0.2) is 0 Å². The van der Waals surface area contributed by atoms with Crippen LogP contribution in [0.15, 0.2) is 24.3 Å². The van der Waals surface area contributed by atoms with E-state index in [4.69, 9.17) is 17.0 Å². The second-order valence-electron chi connectivity index (χ2n) is 5.21. The molecule has 0 aromatic heterocycles. The Kier molecular flexibility index (Phi) is 5.16. The van der Waals surface area contributed by atoms with Gasteiger partial charge in [0.2, 0.25) is 0 Å². The van der Waals surface area contributed by atoms with Gasteiger partial charge < -0.3 is 15.4 Å². The van der Waals surface area contributed by atoms with E-state index in [0.29, 0.717) is 17.1 Å². The fourth-order valence-corrected chi connectivity index (χ4v) is 2.49. The largest absolute Gasteiger partial charge is 0.376 e. The van der Waals surface area contributed by atoms with Crippen molar-refractivity contribution in [1.29, 1.82) is 0 Å². The Labute approximate surface area is 120 Å². The molecule has 1 fully saturated rings. The van der Waals surface area contributed by atoms with Gasteiger partial charge in [-0.2, -0.15) is 0 Å². The zero-order chi connectivity index (χ0) is 13.7. The van der Waals surface area contributed by atoms with Crippen LogP contribution < -0.4 is 10.6 Å². The molecule has 0 bridgehead atoms. The second-order valence-corrected chi connectivity index (χ2v) is 5.62. The SMILES string of the molecule is CC(C)c1ccccc1NC(=S)NC[C@@H]1CCCO1. The van der Waals surface area contributed by atoms with Gasteiger partial charge in [0, 0.05) is 18.8 Å². The smallest absolute Gasteiger partial charge is 0.170 e. The maximum absolute atomic E-state index is 5.57. The summed E-state index contributed by atoms with van der Waals surface area (Å²) in [5.74, 6) is 0.477. The molecule has 1 aliphatic rings. The van der Waals surface area contributed by atoms with Gasteiger partial charge >= 0.3 is 0 Å². The molecule has 3 nitrogen and oxygen atoms in total. The van der Waals surface area contributed by atoms with E-state index in [1.165, 1.54) is 5.56 Å². The van der Waals surface area contributed by atoms with Crippen LogP contribution in [0.4, 0.5) is 5.69 Å². The summed E-state index contributed by atoms with van der Waals surface area (Å²) >= 11 is 5.34. The molecule has 0 radical (unpaired) electrons. The van der Waals surface area contributed by atoms with Gasteiger partial charge in [0.05, 0.1) is 6.10 Å². The number of rotatable bonds is 4. The molecule has 104 valence electrons. The van der Waals surface area contributed by atoms with Gasteiger partial charge in [0.15, 0.2) is 5.11 Å². The van der Waals surface area contributed by atoms with E-state index >= 15 is 0 Å². The maximum atomic E-state index is 5.57. The second kappa shape index (κ2) is 6.87. The topological polar surface area (TPSA) is 33.3 Å². The number of ether oxygens (including phenoxy) is 1. The number of para-hydroxylation sites is 1. The minimum absolute atomic E-state index is 0.306. The van der Waals surface area contributed by atoms with Crippen molar-refractivity contribution < 1.29 is 4.74 Å². The van der Waals surface area contributed by atoms with Crippen LogP contribution in [0.5, 0.6) is 0 Å². The van der Waals surface area contributed by atoms with Gasteiger partial charge in [-0.1, -0.05) is 32.0 Å². The molecular formula is C15H22N2OS. The van der Waals surface area contributed by atoms with Crippen molar-refractivity contribution >= 4 is 23.0 Å². The molecule has 1 heterocycles. The van der Waals surface area contributed by atoms with Crippen molar-refractivity contribution in [2.75, 3.05) is 18.5 Å². The first-order valence-electron chi connectivity index (χ1n) is 6.92. The summed E-state index contributed by atoms with van der Waals surface area (Å²) < 4.78 is 5.57. The minimum atomic E-state index is 0.306. The number of thiocarbonyl (C=S) groups is 1. The molecular weight excluding hydrogens is 256 g/mol. The lowest BCUT2D eigenvalue weighted by molar-refractivity contribution is 0.114. The van der Waals surface area contributed by atoms with Gasteiger partial charge in [-0.15, -0.1) is 0 Å². The first-order chi connectivity index (χ1) is 9.16. The summed E-state index contributed by atoms with van der Waals surface area (Å²) in [4.78, 5) is 0. The Morgan fingerprint density at radius 2 is 2.21 bits per heavy atom. The summed E-state index contributed by atoms with van der Waals surface area (Å²) in [6.07, 6.45) is 2.58. The third-order valence-electron chi connectivity index (χ3n) is 3.35. The normalized spacial score (nSPS) is 18.6. The number of benzene rings is 1. The Morgan fingerprint density at radius 3 is 2.89 bits per heavy atom. The highest BCUT2D eigenvalue weighted by Crippen LogP contribution is 2.23. The molecule has 1 aromatic rings. The van der Waals surface area contributed by atoms with E-state index in [1.54, 1.807) is 0 Å². The molecule has 0 saturated carbocycles. The molecule has 1 aromatic carbocycles. The fourth-order valence-electron chi connectivity index (χ4n) is 2.29. The molecule has 19 heavy (non-hydrogen) atoms. The Hall–Kier alpha value is -1.13. The number of anilines is 1. The summed E-state index contributed by atoms with van der Waals surface area (Å²) in [5.41, 5.74) is 2.37. The average Bonchev–Trinajstić information content (AvgIpc) is 2.90. The van der Waals surface area contributed by atoms with E-state index < -0.39 is 0 Å². The molecule has 0 aliphatic carbocycles. The average molecular weight is 278 g/mol. The van der Waals surface area contributed by atoms with Gasteiger partial charge in [-0.05, 0) is 42.6 Å². The van der Waals surface area contributed by atoms with E-state index in [-0.39, 0.29) is 0 Å². The van der Waals surface area contributed by atoms with E-state index in [1.807, 2.05) is 6.07 Å². The summed E-state index contributed by atoms with van der Waals surface area (Å²) in [7, 11) is 0. The van der Waals surface area contributed by atoms with E-state index in [2.05, 4.69) is 42.7 Å². The maximum Gasteiger partial charge on any atom is 0.170 e. The van der Waals surface area contributed by atoms with Gasteiger partial charge in [-0.3, -0.25) is 0 Å². The van der Waals surface area contributed by atoms with Crippen LogP contribution in [-0.2, 0) is 4.74 Å². The van der Waals surface area contributed by atoms with Crippen LogP contribution in [0.3, 0.4) is 0 Å². The van der Waals surface area contributed by atoms with Crippen molar-refractivity contribution in [2.45, 2.75) is 38.7 Å². The Balaban J connectivity index is 1.87. The van der Waals surface area contributed by atoms with Crippen LogP contribution in [0.25, 0.3) is 0 Å². The number of nitrogens with one attached hydrogen (secondary N) is 2. The lowest BCUT2D eigenvalue weighted by Crippen LogP contribution is -2.35. The molecule has 4 heteroatoms. The predicted molar refractivity (Wildman–Crippen MR) is 83.7 cm³/mol. The molecule has 2 N–H and O–H groups in total. The summed E-state index contributed by atoms with van der Waals surface area (Å²) in [6.45, 7) is 6.03. The van der Waals surface area contributed by atoms with Crippen LogP contribution in [0, 0.1) is 0 Å². The molecule has 0 unspecified atom stereocenters. The lowest BCUT2D eigenvalue weighted by atomic mass is 10.0. The molecule has 0 amide bonds. The van der Waals surface area contributed by atoms with Crippen molar-refractivity contribution in [3.8, 4) is 0 Å². The summed E-state index contributed by atoms with van der Waals surface area (Å²) in [6, 6.07) is 8.28. The van der Waals surface area contributed by atoms with Gasteiger partial charge in [0.25, 0.3) is 0 Å². The van der Waals surface area contributed by atoms with Crippen molar-refractivity contribution in [3.05, 3.63) is 29.8 Å². The summed E-state index contributed by atoms with van der Waals surface area (Å²) in [5, 5.41) is 7.19. The van der Waals surface area contributed by atoms with E-state index in [9.17, 15) is 0 Å². The van der Waals surface area contributed by atoms with Crippen LogP contribution in [0.1, 0.15) is 38.2 Å².